The van der Waals surface area contributed by atoms with E-state index in [1.807, 2.05) is 42.5 Å². The number of carbonyl (C=O) groups excluding carboxylic acids is 2. The van der Waals surface area contributed by atoms with Crippen LogP contribution in [0.3, 0.4) is 0 Å². The first-order valence-electron chi connectivity index (χ1n) is 16.0. The number of para-hydroxylation sites is 1. The summed E-state index contributed by atoms with van der Waals surface area (Å²) in [5.74, 6) is -0.878. The molecule has 2 aliphatic heterocycles. The molecule has 240 valence electrons. The van der Waals surface area contributed by atoms with Gasteiger partial charge in [-0.2, -0.15) is 0 Å². The molecule has 2 aromatic rings. The summed E-state index contributed by atoms with van der Waals surface area (Å²) in [7, 11) is -1.07. The van der Waals surface area contributed by atoms with Gasteiger partial charge in [0.2, 0.25) is 11.8 Å². The molecule has 3 heterocycles. The van der Waals surface area contributed by atoms with E-state index in [4.69, 9.17) is 18.9 Å². The van der Waals surface area contributed by atoms with Crippen molar-refractivity contribution in [2.24, 2.45) is 17.8 Å². The van der Waals surface area contributed by atoms with Crippen LogP contribution in [-0.4, -0.2) is 64.3 Å². The zero-order chi connectivity index (χ0) is 31.9. The number of allylic oxidation sites excluding steroid dienone is 1. The van der Waals surface area contributed by atoms with Crippen LogP contribution in [0.4, 0.5) is 0 Å². The Morgan fingerprint density at radius 3 is 2.58 bits per heavy atom. The highest BCUT2D eigenvalue weighted by Gasteiger charge is 2.57. The van der Waals surface area contributed by atoms with Crippen molar-refractivity contribution in [1.82, 2.24) is 4.90 Å². The molecule has 0 radical (unpaired) electrons. The van der Waals surface area contributed by atoms with Crippen LogP contribution in [0.5, 0.6) is 5.75 Å². The Hall–Kier alpha value is -3.67. The molecule has 0 saturated carbocycles. The summed E-state index contributed by atoms with van der Waals surface area (Å²) >= 11 is 0. The molecule has 1 aromatic heterocycles. The van der Waals surface area contributed by atoms with Crippen molar-refractivity contribution in [3.8, 4) is 5.75 Å². The number of fused-ring (bicyclic) bond motifs is 3. The van der Waals surface area contributed by atoms with Crippen LogP contribution >= 0.6 is 0 Å². The molecule has 3 aliphatic rings. The number of aliphatic carboxylic acids is 1. The maximum atomic E-state index is 13.8. The van der Waals surface area contributed by atoms with Gasteiger partial charge in [-0.05, 0) is 92.3 Å². The van der Waals surface area contributed by atoms with Gasteiger partial charge in [0, 0.05) is 13.0 Å². The Bertz CT molecular complexity index is 1420. The summed E-state index contributed by atoms with van der Waals surface area (Å²) in [6.07, 6.45) is 5.84. The second-order valence-corrected chi connectivity index (χ2v) is 12.1. The SMILES string of the molecule is CC/C(=C\c1ccc(CO)o1)CC[C@H]1OB(O)C[C@H]2C1=C(COc1ccccc1)C[C@H]1C(=O)N(CCCCCC(=O)O)C(=O)[C@H]12. The van der Waals surface area contributed by atoms with Crippen LogP contribution in [0.1, 0.15) is 69.8 Å². The zero-order valence-electron chi connectivity index (χ0n) is 25.7. The van der Waals surface area contributed by atoms with Gasteiger partial charge in [-0.3, -0.25) is 19.3 Å². The van der Waals surface area contributed by atoms with Gasteiger partial charge in [0.15, 0.2) is 0 Å². The topological polar surface area (TPSA) is 147 Å². The fraction of sp³-hybridized carbons (Fsp3) is 0.500. The van der Waals surface area contributed by atoms with E-state index in [-0.39, 0.29) is 50.2 Å². The first-order valence-corrected chi connectivity index (χ1v) is 16.0. The average Bonchev–Trinajstić information content (AvgIpc) is 3.59. The minimum absolute atomic E-state index is 0.0622. The van der Waals surface area contributed by atoms with E-state index >= 15 is 0 Å². The van der Waals surface area contributed by atoms with Crippen LogP contribution in [0.15, 0.2) is 63.6 Å². The van der Waals surface area contributed by atoms with Crippen LogP contribution in [0.2, 0.25) is 6.32 Å². The number of aliphatic hydroxyl groups excluding tert-OH is 1. The molecular formula is C34H42BNO9. The number of carbonyl (C=O) groups is 3. The molecule has 4 atom stereocenters. The summed E-state index contributed by atoms with van der Waals surface area (Å²) in [6.45, 7) is 2.40. The van der Waals surface area contributed by atoms with Gasteiger partial charge < -0.3 is 29.0 Å². The summed E-state index contributed by atoms with van der Waals surface area (Å²) in [4.78, 5) is 39.7. The molecule has 0 spiro atoms. The first-order chi connectivity index (χ1) is 21.8. The summed E-state index contributed by atoms with van der Waals surface area (Å²) < 4.78 is 18.0. The molecular weight excluding hydrogens is 577 g/mol. The quantitative estimate of drug-likeness (QED) is 0.110. The number of carboxylic acid groups (broad SMARTS) is 1. The van der Waals surface area contributed by atoms with Crippen molar-refractivity contribution in [3.05, 3.63) is 70.7 Å². The highest BCUT2D eigenvalue weighted by Crippen LogP contribution is 2.50. The number of likely N-dealkylation sites (tertiary alicyclic amines) is 1. The molecule has 1 aliphatic carbocycles. The van der Waals surface area contributed by atoms with Gasteiger partial charge in [-0.1, -0.05) is 37.1 Å². The molecule has 10 nitrogen and oxygen atoms in total. The number of amides is 2. The van der Waals surface area contributed by atoms with Gasteiger partial charge in [0.25, 0.3) is 0 Å². The maximum absolute atomic E-state index is 13.8. The van der Waals surface area contributed by atoms with E-state index in [2.05, 4.69) is 6.92 Å². The van der Waals surface area contributed by atoms with Crippen molar-refractivity contribution in [2.45, 2.75) is 77.3 Å². The second kappa shape index (κ2) is 15.1. The van der Waals surface area contributed by atoms with Crippen molar-refractivity contribution >= 4 is 31.0 Å². The molecule has 45 heavy (non-hydrogen) atoms. The van der Waals surface area contributed by atoms with E-state index in [9.17, 15) is 24.5 Å². The third-order valence-electron chi connectivity index (χ3n) is 9.19. The number of aliphatic hydroxyl groups is 1. The predicted molar refractivity (Wildman–Crippen MR) is 167 cm³/mol. The van der Waals surface area contributed by atoms with Crippen LogP contribution in [0.25, 0.3) is 6.08 Å². The Kier molecular flexibility index (Phi) is 11.0. The molecule has 2 saturated heterocycles. The number of nitrogens with zero attached hydrogens (tertiary/aromatic N) is 1. The minimum atomic E-state index is -1.07. The fourth-order valence-corrected chi connectivity index (χ4v) is 7.02. The number of imide groups is 1. The molecule has 11 heteroatoms. The van der Waals surface area contributed by atoms with Gasteiger partial charge >= 0.3 is 13.1 Å². The van der Waals surface area contributed by atoms with E-state index in [0.717, 1.165) is 23.1 Å². The first kappa shape index (κ1) is 32.7. The van der Waals surface area contributed by atoms with Gasteiger partial charge in [-0.25, -0.2) is 0 Å². The Labute approximate surface area is 263 Å². The normalized spacial score (nSPS) is 23.4. The monoisotopic (exact) mass is 619 g/mol. The lowest BCUT2D eigenvalue weighted by atomic mass is 9.58. The lowest BCUT2D eigenvalue weighted by molar-refractivity contribution is -0.141. The molecule has 2 amide bonds. The fourth-order valence-electron chi connectivity index (χ4n) is 7.02. The van der Waals surface area contributed by atoms with Crippen LogP contribution in [-0.2, 0) is 25.6 Å². The molecule has 2 fully saturated rings. The number of benzene rings is 1. The van der Waals surface area contributed by atoms with E-state index in [1.165, 1.54) is 4.90 Å². The van der Waals surface area contributed by atoms with Gasteiger partial charge in [-0.15, -0.1) is 0 Å². The van der Waals surface area contributed by atoms with E-state index < -0.39 is 31.0 Å². The predicted octanol–water partition coefficient (Wildman–Crippen LogP) is 4.87. The number of carboxylic acids is 1. The number of rotatable bonds is 15. The summed E-state index contributed by atoms with van der Waals surface area (Å²) in [5.41, 5.74) is 3.01. The van der Waals surface area contributed by atoms with Crippen molar-refractivity contribution in [2.75, 3.05) is 13.2 Å². The molecule has 0 unspecified atom stereocenters. The molecule has 3 N–H and O–H groups in total. The summed E-state index contributed by atoms with van der Waals surface area (Å²) in [6, 6.07) is 13.0. The Morgan fingerprint density at radius 2 is 1.87 bits per heavy atom. The third kappa shape index (κ3) is 7.77. The average molecular weight is 620 g/mol. The van der Waals surface area contributed by atoms with Crippen molar-refractivity contribution < 1.29 is 43.4 Å². The largest absolute Gasteiger partial charge is 0.489 e. The number of unbranched alkanes of at least 4 members (excludes halogenated alkanes) is 2. The Balaban J connectivity index is 1.38. The highest BCUT2D eigenvalue weighted by atomic mass is 16.5. The number of ether oxygens (including phenoxy) is 1. The Morgan fingerprint density at radius 1 is 1.07 bits per heavy atom. The molecule has 0 bridgehead atoms. The van der Waals surface area contributed by atoms with E-state index in [0.29, 0.717) is 55.8 Å². The smallest absolute Gasteiger partial charge is 0.455 e. The van der Waals surface area contributed by atoms with E-state index in [1.54, 1.807) is 6.07 Å². The van der Waals surface area contributed by atoms with Crippen molar-refractivity contribution in [3.63, 3.8) is 0 Å². The standard InChI is InChI=1S/C34H42BNO9/c1-2-22(17-25-13-14-26(20-37)44-25)12-15-29-31-23(21-43-24-9-5-3-6-10-24)18-27-32(28(31)19-35(42)45-29)34(41)36(33(27)40)16-8-4-7-11-30(38)39/h3,5-6,9-10,13-14,17,27-29,32,37,42H,2,4,7-8,11-12,15-16,18-21H2,1H3,(H,38,39)/b22-17+/t27-,28+,29-,32-/m1/s1. The highest BCUT2D eigenvalue weighted by molar-refractivity contribution is 6.43. The molecule has 5 rings (SSSR count). The van der Waals surface area contributed by atoms with Gasteiger partial charge in [0.05, 0.1) is 17.9 Å². The lowest BCUT2D eigenvalue weighted by Gasteiger charge is -2.43. The minimum Gasteiger partial charge on any atom is -0.489 e. The third-order valence-corrected chi connectivity index (χ3v) is 9.19. The van der Waals surface area contributed by atoms with Gasteiger partial charge in [0.1, 0.15) is 30.5 Å². The number of hydrogen-bond acceptors (Lipinski definition) is 8. The van der Waals surface area contributed by atoms with Crippen molar-refractivity contribution in [1.29, 1.82) is 0 Å². The van der Waals surface area contributed by atoms with Crippen LogP contribution < -0.4 is 4.74 Å². The maximum Gasteiger partial charge on any atom is 0.455 e. The summed E-state index contributed by atoms with van der Waals surface area (Å²) in [5, 5.41) is 29.2. The molecule has 1 aromatic carbocycles. The lowest BCUT2D eigenvalue weighted by Crippen LogP contribution is -2.46. The number of hydrogen-bond donors (Lipinski definition) is 3. The zero-order valence-corrected chi connectivity index (χ0v) is 25.7. The second-order valence-electron chi connectivity index (χ2n) is 12.1. The van der Waals surface area contributed by atoms with Crippen LogP contribution in [0, 0.1) is 17.8 Å². The number of furan rings is 1.